The molecule has 1 aliphatic carbocycles. The first-order valence-corrected chi connectivity index (χ1v) is 9.31. The van der Waals surface area contributed by atoms with Crippen molar-refractivity contribution in [1.82, 2.24) is 14.7 Å². The zero-order chi connectivity index (χ0) is 16.7. The third-order valence-corrected chi connectivity index (χ3v) is 4.97. The number of allylic oxidation sites excluding steroid dienone is 2. The highest BCUT2D eigenvalue weighted by Crippen LogP contribution is 2.18. The van der Waals surface area contributed by atoms with E-state index in [-0.39, 0.29) is 6.04 Å². The van der Waals surface area contributed by atoms with E-state index in [4.69, 9.17) is 0 Å². The van der Waals surface area contributed by atoms with E-state index in [1.807, 2.05) is 13.8 Å². The van der Waals surface area contributed by atoms with Crippen molar-refractivity contribution in [2.24, 2.45) is 0 Å². The van der Waals surface area contributed by atoms with E-state index in [2.05, 4.69) is 40.0 Å². The largest absolute Gasteiger partial charge is 0.339 e. The summed E-state index contributed by atoms with van der Waals surface area (Å²) >= 11 is 0. The van der Waals surface area contributed by atoms with Crippen molar-refractivity contribution in [3.05, 3.63) is 23.8 Å². The second-order valence-corrected chi connectivity index (χ2v) is 6.50. The predicted octanol–water partition coefficient (Wildman–Crippen LogP) is 2.53. The molecule has 0 unspecified atom stereocenters. The molecule has 23 heavy (non-hydrogen) atoms. The van der Waals surface area contributed by atoms with Gasteiger partial charge in [-0.15, -0.1) is 0 Å². The number of hydrogen-bond acceptors (Lipinski definition) is 3. The minimum absolute atomic E-state index is 0.139. The van der Waals surface area contributed by atoms with Crippen molar-refractivity contribution in [1.29, 1.82) is 0 Å². The van der Waals surface area contributed by atoms with E-state index in [9.17, 15) is 4.79 Å². The molecule has 3 rings (SSSR count). The summed E-state index contributed by atoms with van der Waals surface area (Å²) < 4.78 is 0. The zero-order valence-electron chi connectivity index (χ0n) is 15.1. The Morgan fingerprint density at radius 1 is 1.13 bits per heavy atom. The molecule has 1 atom stereocenters. The maximum Gasteiger partial charge on any atom is 0.240 e. The lowest BCUT2D eigenvalue weighted by Gasteiger charge is -2.37. The quantitative estimate of drug-likeness (QED) is 0.800. The van der Waals surface area contributed by atoms with Gasteiger partial charge in [-0.25, -0.2) is 0 Å². The first-order valence-electron chi connectivity index (χ1n) is 9.31. The summed E-state index contributed by atoms with van der Waals surface area (Å²) in [5.74, 6) is 0.353. The standard InChI is InChI=1S/C17H27N3O.C2H6/c1-18-9-5-8-16(18)17(21)20-12-10-19(11-13-20)14-15-6-3-2-4-7-15;1-2/h3,6-7,16H,2,4-5,8-14H2,1H3;1-2H3/t16-;/m1./s1. The Hall–Kier alpha value is -1.13. The van der Waals surface area contributed by atoms with Gasteiger partial charge in [-0.3, -0.25) is 14.6 Å². The normalized spacial score (nSPS) is 25.8. The molecule has 4 heteroatoms. The fourth-order valence-corrected chi connectivity index (χ4v) is 3.60. The van der Waals surface area contributed by atoms with Crippen LogP contribution in [-0.4, -0.2) is 73.0 Å². The Kier molecular flexibility index (Phi) is 7.31. The molecular formula is C19H33N3O. The minimum atomic E-state index is 0.139. The molecule has 2 fully saturated rings. The second kappa shape index (κ2) is 9.24. The Balaban J connectivity index is 0.000000924. The minimum Gasteiger partial charge on any atom is -0.339 e. The summed E-state index contributed by atoms with van der Waals surface area (Å²) in [6.45, 7) is 9.90. The molecule has 0 N–H and O–H groups in total. The molecule has 0 spiro atoms. The maximum atomic E-state index is 12.6. The van der Waals surface area contributed by atoms with Crippen molar-refractivity contribution in [2.45, 2.75) is 45.6 Å². The highest BCUT2D eigenvalue weighted by atomic mass is 16.2. The molecule has 0 aromatic carbocycles. The number of piperazine rings is 1. The van der Waals surface area contributed by atoms with Crippen molar-refractivity contribution >= 4 is 5.91 Å². The fourth-order valence-electron chi connectivity index (χ4n) is 3.60. The van der Waals surface area contributed by atoms with E-state index >= 15 is 0 Å². The Labute approximate surface area is 141 Å². The summed E-state index contributed by atoms with van der Waals surface area (Å²) in [7, 11) is 2.08. The molecule has 0 aromatic rings. The Bertz CT molecular complexity index is 436. The van der Waals surface area contributed by atoms with Crippen LogP contribution >= 0.6 is 0 Å². The summed E-state index contributed by atoms with van der Waals surface area (Å²) in [5.41, 5.74) is 1.44. The third kappa shape index (κ3) is 4.92. The SMILES string of the molecule is CC.CN1CCC[C@@H]1C(=O)N1CCN(CC2=CCCC=C2)CC1. The lowest BCUT2D eigenvalue weighted by Crippen LogP contribution is -2.53. The van der Waals surface area contributed by atoms with Crippen LogP contribution in [0.3, 0.4) is 0 Å². The number of nitrogens with zero attached hydrogens (tertiary/aromatic N) is 3. The number of likely N-dealkylation sites (tertiary alicyclic amines) is 1. The van der Waals surface area contributed by atoms with Gasteiger partial charge >= 0.3 is 0 Å². The Morgan fingerprint density at radius 3 is 2.43 bits per heavy atom. The van der Waals surface area contributed by atoms with Gasteiger partial charge in [0, 0.05) is 32.7 Å². The summed E-state index contributed by atoms with van der Waals surface area (Å²) in [6.07, 6.45) is 11.4. The highest BCUT2D eigenvalue weighted by Gasteiger charge is 2.32. The molecule has 0 radical (unpaired) electrons. The average molecular weight is 319 g/mol. The number of rotatable bonds is 3. The Morgan fingerprint density at radius 2 is 1.87 bits per heavy atom. The van der Waals surface area contributed by atoms with E-state index < -0.39 is 0 Å². The summed E-state index contributed by atoms with van der Waals surface area (Å²) in [4.78, 5) is 19.3. The molecule has 1 amide bonds. The molecule has 4 nitrogen and oxygen atoms in total. The van der Waals surface area contributed by atoms with Gasteiger partial charge in [0.05, 0.1) is 6.04 Å². The number of amides is 1. The van der Waals surface area contributed by atoms with Crippen molar-refractivity contribution < 1.29 is 4.79 Å². The van der Waals surface area contributed by atoms with Crippen molar-refractivity contribution in [3.63, 3.8) is 0 Å². The van der Waals surface area contributed by atoms with Gasteiger partial charge in [0.15, 0.2) is 0 Å². The topological polar surface area (TPSA) is 26.8 Å². The van der Waals surface area contributed by atoms with E-state index in [1.54, 1.807) is 0 Å². The van der Waals surface area contributed by atoms with Crippen LogP contribution in [0.1, 0.15) is 39.5 Å². The van der Waals surface area contributed by atoms with Gasteiger partial charge in [0.1, 0.15) is 0 Å². The highest BCUT2D eigenvalue weighted by molar-refractivity contribution is 5.82. The molecule has 0 aromatic heterocycles. The molecule has 2 saturated heterocycles. The molecule has 3 aliphatic rings. The van der Waals surface area contributed by atoms with E-state index in [0.717, 1.165) is 52.1 Å². The third-order valence-electron chi connectivity index (χ3n) is 4.97. The number of carbonyl (C=O) groups excluding carboxylic acids is 1. The molecule has 130 valence electrons. The number of likely N-dealkylation sites (N-methyl/N-ethyl adjacent to an activating group) is 1. The van der Waals surface area contributed by atoms with Crippen LogP contribution in [0, 0.1) is 0 Å². The van der Waals surface area contributed by atoms with Gasteiger partial charge < -0.3 is 4.90 Å². The van der Waals surface area contributed by atoms with Gasteiger partial charge in [-0.05, 0) is 44.8 Å². The lowest BCUT2D eigenvalue weighted by atomic mass is 10.1. The van der Waals surface area contributed by atoms with Crippen molar-refractivity contribution in [3.8, 4) is 0 Å². The van der Waals surface area contributed by atoms with Crippen LogP contribution in [0.15, 0.2) is 23.8 Å². The van der Waals surface area contributed by atoms with Crippen LogP contribution in [0.5, 0.6) is 0 Å². The van der Waals surface area contributed by atoms with Gasteiger partial charge in [-0.2, -0.15) is 0 Å². The summed E-state index contributed by atoms with van der Waals surface area (Å²) in [5, 5.41) is 0. The van der Waals surface area contributed by atoms with Crippen LogP contribution < -0.4 is 0 Å². The van der Waals surface area contributed by atoms with Gasteiger partial charge in [-0.1, -0.05) is 32.1 Å². The monoisotopic (exact) mass is 319 g/mol. The molecule has 0 bridgehead atoms. The fraction of sp³-hybridized carbons (Fsp3) is 0.737. The molecule has 2 heterocycles. The van der Waals surface area contributed by atoms with Crippen LogP contribution in [0.4, 0.5) is 0 Å². The summed E-state index contributed by atoms with van der Waals surface area (Å²) in [6, 6.07) is 0.139. The van der Waals surface area contributed by atoms with E-state index in [1.165, 1.54) is 18.4 Å². The molecule has 0 saturated carbocycles. The lowest BCUT2D eigenvalue weighted by molar-refractivity contribution is -0.137. The van der Waals surface area contributed by atoms with E-state index in [0.29, 0.717) is 5.91 Å². The van der Waals surface area contributed by atoms with Crippen LogP contribution in [-0.2, 0) is 4.79 Å². The van der Waals surface area contributed by atoms with Gasteiger partial charge in [0.25, 0.3) is 0 Å². The van der Waals surface area contributed by atoms with Crippen LogP contribution in [0.2, 0.25) is 0 Å². The predicted molar refractivity (Wildman–Crippen MR) is 96.5 cm³/mol. The van der Waals surface area contributed by atoms with Crippen molar-refractivity contribution in [2.75, 3.05) is 46.3 Å². The molecular weight excluding hydrogens is 286 g/mol. The first kappa shape index (κ1) is 18.2. The number of hydrogen-bond donors (Lipinski definition) is 0. The maximum absolute atomic E-state index is 12.6. The average Bonchev–Trinajstić information content (AvgIpc) is 3.04. The van der Waals surface area contributed by atoms with Gasteiger partial charge in [0.2, 0.25) is 5.91 Å². The first-order chi connectivity index (χ1) is 11.2. The second-order valence-electron chi connectivity index (χ2n) is 6.50. The zero-order valence-corrected chi connectivity index (χ0v) is 15.1. The smallest absolute Gasteiger partial charge is 0.240 e. The molecule has 2 aliphatic heterocycles. The number of carbonyl (C=O) groups is 1. The van der Waals surface area contributed by atoms with Crippen LogP contribution in [0.25, 0.3) is 0 Å².